The van der Waals surface area contributed by atoms with Crippen LogP contribution in [0, 0.1) is 11.3 Å². The Morgan fingerprint density at radius 1 is 1.54 bits per heavy atom. The molecule has 4 atom stereocenters. The minimum Gasteiger partial charge on any atom is -0.365 e. The number of Topliss-reactive ketones (excluding diaryl/α,β-unsaturated/α-hetero) is 1. The first-order valence-electron chi connectivity index (χ1n) is 5.10. The lowest BCUT2D eigenvalue weighted by molar-refractivity contribution is -0.164. The van der Waals surface area contributed by atoms with Gasteiger partial charge in [-0.1, -0.05) is 18.6 Å². The summed E-state index contributed by atoms with van der Waals surface area (Å²) >= 11 is 0. The zero-order valence-electron chi connectivity index (χ0n) is 7.82. The molecule has 2 heterocycles. The molecule has 0 aromatic heterocycles. The van der Waals surface area contributed by atoms with Crippen LogP contribution in [-0.2, 0) is 9.53 Å². The standard InChI is InChI=1S/C11H14O2/c1-11-6-2-3-7(10(11)12)8-4-5-9(11)13-8/h4-5,7-9H,2-3,6H2,1H3/t7-,8-,9+,11+/m0/s1. The molecule has 2 nitrogen and oxygen atoms in total. The second-order valence-corrected chi connectivity index (χ2v) is 4.69. The van der Waals surface area contributed by atoms with Crippen molar-refractivity contribution in [2.45, 2.75) is 38.4 Å². The maximum Gasteiger partial charge on any atom is 0.147 e. The Morgan fingerprint density at radius 2 is 2.38 bits per heavy atom. The third-order valence-corrected chi connectivity index (χ3v) is 3.91. The van der Waals surface area contributed by atoms with Crippen molar-refractivity contribution in [3.63, 3.8) is 0 Å². The van der Waals surface area contributed by atoms with Crippen molar-refractivity contribution in [1.82, 2.24) is 0 Å². The fourth-order valence-electron chi connectivity index (χ4n) is 3.02. The number of carbonyl (C=O) groups is 1. The van der Waals surface area contributed by atoms with Crippen LogP contribution in [0.3, 0.4) is 0 Å². The molecule has 13 heavy (non-hydrogen) atoms. The minimum absolute atomic E-state index is 0.0709. The Hall–Kier alpha value is -0.630. The molecule has 0 aromatic carbocycles. The van der Waals surface area contributed by atoms with Crippen LogP contribution in [0.1, 0.15) is 26.2 Å². The zero-order chi connectivity index (χ0) is 9.05. The van der Waals surface area contributed by atoms with Crippen molar-refractivity contribution < 1.29 is 9.53 Å². The van der Waals surface area contributed by atoms with Gasteiger partial charge in [-0.25, -0.2) is 0 Å². The molecule has 70 valence electrons. The lowest BCUT2D eigenvalue weighted by Crippen LogP contribution is -2.53. The highest BCUT2D eigenvalue weighted by atomic mass is 16.5. The Morgan fingerprint density at radius 3 is 3.23 bits per heavy atom. The van der Waals surface area contributed by atoms with E-state index in [4.69, 9.17) is 4.74 Å². The van der Waals surface area contributed by atoms with Gasteiger partial charge in [0.05, 0.1) is 17.6 Å². The van der Waals surface area contributed by atoms with Gasteiger partial charge in [-0.2, -0.15) is 0 Å². The summed E-state index contributed by atoms with van der Waals surface area (Å²) in [5.41, 5.74) is -0.202. The number of ketones is 1. The molecule has 0 aromatic rings. The van der Waals surface area contributed by atoms with E-state index in [1.54, 1.807) is 0 Å². The highest BCUT2D eigenvalue weighted by molar-refractivity contribution is 5.90. The number of hydrogen-bond donors (Lipinski definition) is 0. The third kappa shape index (κ3) is 0.798. The molecule has 2 heteroatoms. The molecule has 4 bridgehead atoms. The van der Waals surface area contributed by atoms with Gasteiger partial charge in [0.25, 0.3) is 0 Å². The van der Waals surface area contributed by atoms with E-state index in [-0.39, 0.29) is 23.5 Å². The number of carbonyl (C=O) groups excluding carboxylic acids is 1. The topological polar surface area (TPSA) is 26.3 Å². The Kier molecular flexibility index (Phi) is 1.33. The van der Waals surface area contributed by atoms with E-state index < -0.39 is 0 Å². The SMILES string of the molecule is C[C@]12CCC[C@H](C1=O)[C@@H]1C=C[C@H]2O1. The zero-order valence-corrected chi connectivity index (χ0v) is 7.82. The summed E-state index contributed by atoms with van der Waals surface area (Å²) in [6.07, 6.45) is 7.57. The highest BCUT2D eigenvalue weighted by Crippen LogP contribution is 2.49. The monoisotopic (exact) mass is 178 g/mol. The predicted octanol–water partition coefficient (Wildman–Crippen LogP) is 1.70. The van der Waals surface area contributed by atoms with Crippen molar-refractivity contribution in [1.29, 1.82) is 0 Å². The molecule has 0 unspecified atom stereocenters. The number of ether oxygens (including phenoxy) is 1. The summed E-state index contributed by atoms with van der Waals surface area (Å²) < 4.78 is 5.81. The second kappa shape index (κ2) is 2.24. The van der Waals surface area contributed by atoms with Gasteiger partial charge >= 0.3 is 0 Å². The van der Waals surface area contributed by atoms with Gasteiger partial charge in [0.15, 0.2) is 0 Å². The van der Waals surface area contributed by atoms with E-state index in [1.807, 2.05) is 0 Å². The first-order valence-corrected chi connectivity index (χ1v) is 5.10. The van der Waals surface area contributed by atoms with Crippen LogP contribution in [0.15, 0.2) is 12.2 Å². The van der Waals surface area contributed by atoms with E-state index in [1.165, 1.54) is 6.42 Å². The highest BCUT2D eigenvalue weighted by Gasteiger charge is 2.55. The average molecular weight is 178 g/mol. The van der Waals surface area contributed by atoms with E-state index in [0.29, 0.717) is 5.78 Å². The molecular weight excluding hydrogens is 164 g/mol. The summed E-state index contributed by atoms with van der Waals surface area (Å²) in [4.78, 5) is 12.1. The molecule has 0 amide bonds. The Balaban J connectivity index is 2.09. The van der Waals surface area contributed by atoms with Gasteiger partial charge in [0.2, 0.25) is 0 Å². The first-order chi connectivity index (χ1) is 6.22. The summed E-state index contributed by atoms with van der Waals surface area (Å²) in [5, 5.41) is 0. The van der Waals surface area contributed by atoms with E-state index in [2.05, 4.69) is 19.1 Å². The predicted molar refractivity (Wildman–Crippen MR) is 48.3 cm³/mol. The fraction of sp³-hybridized carbons (Fsp3) is 0.727. The summed E-state index contributed by atoms with van der Waals surface area (Å²) in [6, 6.07) is 0. The van der Waals surface area contributed by atoms with Gasteiger partial charge in [-0.3, -0.25) is 4.79 Å². The summed E-state index contributed by atoms with van der Waals surface area (Å²) in [7, 11) is 0. The molecule has 0 radical (unpaired) electrons. The molecule has 1 saturated carbocycles. The van der Waals surface area contributed by atoms with Crippen LogP contribution < -0.4 is 0 Å². The van der Waals surface area contributed by atoms with E-state index >= 15 is 0 Å². The molecule has 1 aliphatic carbocycles. The van der Waals surface area contributed by atoms with Crippen LogP contribution in [0.5, 0.6) is 0 Å². The minimum atomic E-state index is -0.202. The third-order valence-electron chi connectivity index (χ3n) is 3.91. The van der Waals surface area contributed by atoms with Crippen molar-refractivity contribution in [3.05, 3.63) is 12.2 Å². The van der Waals surface area contributed by atoms with Crippen molar-refractivity contribution >= 4 is 5.78 Å². The summed E-state index contributed by atoms with van der Waals surface area (Å²) in [5.74, 6) is 0.610. The van der Waals surface area contributed by atoms with Gasteiger partial charge in [0, 0.05) is 5.92 Å². The normalized spacial score (nSPS) is 52.7. The maximum atomic E-state index is 12.1. The maximum absolute atomic E-state index is 12.1. The van der Waals surface area contributed by atoms with Crippen LogP contribution in [0.2, 0.25) is 0 Å². The van der Waals surface area contributed by atoms with E-state index in [0.717, 1.165) is 12.8 Å². The molecule has 2 fully saturated rings. The molecule has 0 N–H and O–H groups in total. The second-order valence-electron chi connectivity index (χ2n) is 4.69. The average Bonchev–Trinajstić information content (AvgIpc) is 2.55. The lowest BCUT2D eigenvalue weighted by atomic mass is 9.65. The number of rotatable bonds is 0. The van der Waals surface area contributed by atoms with Gasteiger partial charge < -0.3 is 4.74 Å². The molecule has 0 spiro atoms. The van der Waals surface area contributed by atoms with Crippen molar-refractivity contribution in [3.8, 4) is 0 Å². The molecular formula is C11H14O2. The molecule has 2 aliphatic heterocycles. The smallest absolute Gasteiger partial charge is 0.147 e. The lowest BCUT2D eigenvalue weighted by Gasteiger charge is -2.45. The quantitative estimate of drug-likeness (QED) is 0.528. The first kappa shape index (κ1) is 7.74. The molecule has 3 rings (SSSR count). The van der Waals surface area contributed by atoms with Gasteiger partial charge in [-0.15, -0.1) is 0 Å². The van der Waals surface area contributed by atoms with Crippen LogP contribution >= 0.6 is 0 Å². The molecule has 3 aliphatic rings. The van der Waals surface area contributed by atoms with Gasteiger partial charge in [-0.05, 0) is 19.8 Å². The number of fused-ring (bicyclic) bond motifs is 6. The molecule has 1 saturated heterocycles. The van der Waals surface area contributed by atoms with E-state index in [9.17, 15) is 4.79 Å². The Bertz CT molecular complexity index is 294. The van der Waals surface area contributed by atoms with Crippen LogP contribution in [-0.4, -0.2) is 18.0 Å². The van der Waals surface area contributed by atoms with Gasteiger partial charge in [0.1, 0.15) is 5.78 Å². The summed E-state index contributed by atoms with van der Waals surface area (Å²) in [6.45, 7) is 2.07. The van der Waals surface area contributed by atoms with Crippen molar-refractivity contribution in [2.75, 3.05) is 0 Å². The van der Waals surface area contributed by atoms with Crippen LogP contribution in [0.25, 0.3) is 0 Å². The van der Waals surface area contributed by atoms with Crippen molar-refractivity contribution in [2.24, 2.45) is 11.3 Å². The number of hydrogen-bond acceptors (Lipinski definition) is 2. The largest absolute Gasteiger partial charge is 0.365 e. The Labute approximate surface area is 78.0 Å². The van der Waals surface area contributed by atoms with Crippen LogP contribution in [0.4, 0.5) is 0 Å². The fourth-order valence-corrected chi connectivity index (χ4v) is 3.02.